The summed E-state index contributed by atoms with van der Waals surface area (Å²) in [4.78, 5) is 16.9. The Balaban J connectivity index is 1.31. The predicted octanol–water partition coefficient (Wildman–Crippen LogP) is 2.51. The van der Waals surface area contributed by atoms with Gasteiger partial charge < -0.3 is 10.2 Å². The Morgan fingerprint density at radius 2 is 1.36 bits per heavy atom. The summed E-state index contributed by atoms with van der Waals surface area (Å²) in [5.41, 5.74) is 2.52. The number of piperazine rings is 1. The topological polar surface area (TPSA) is 35.6 Å². The Morgan fingerprint density at radius 1 is 0.800 bits per heavy atom. The van der Waals surface area contributed by atoms with Crippen LogP contribution in [0.25, 0.3) is 0 Å². The molecule has 0 radical (unpaired) electrons. The molecule has 1 amide bonds. The lowest BCUT2D eigenvalue weighted by molar-refractivity contribution is -0.121. The summed E-state index contributed by atoms with van der Waals surface area (Å²) < 4.78 is 0. The van der Waals surface area contributed by atoms with E-state index in [-0.39, 0.29) is 5.91 Å². The summed E-state index contributed by atoms with van der Waals surface area (Å²) >= 11 is 0. The van der Waals surface area contributed by atoms with Crippen LogP contribution in [0.4, 0.5) is 0 Å². The lowest BCUT2D eigenvalue weighted by atomic mass is 10.2. The van der Waals surface area contributed by atoms with E-state index < -0.39 is 0 Å². The second-order valence-corrected chi connectivity index (χ2v) is 6.62. The molecule has 0 unspecified atom stereocenters. The van der Waals surface area contributed by atoms with Gasteiger partial charge in [-0.1, -0.05) is 60.7 Å². The van der Waals surface area contributed by atoms with Crippen LogP contribution < -0.4 is 5.32 Å². The van der Waals surface area contributed by atoms with Gasteiger partial charge in [0.15, 0.2) is 0 Å². The standard InChI is InChI=1S/C21H27N3O/c25-21(22-17-19-7-3-1-4-8-19)11-12-23-13-15-24(16-14-23)18-20-9-5-2-6-10-20/h1-10H,11-18H2,(H,22,25). The summed E-state index contributed by atoms with van der Waals surface area (Å²) in [5, 5.41) is 3.00. The van der Waals surface area contributed by atoms with E-state index in [2.05, 4.69) is 45.4 Å². The molecule has 2 aromatic rings. The molecule has 1 heterocycles. The predicted molar refractivity (Wildman–Crippen MR) is 101 cm³/mol. The van der Waals surface area contributed by atoms with Crippen molar-refractivity contribution in [3.05, 3.63) is 71.8 Å². The van der Waals surface area contributed by atoms with Crippen molar-refractivity contribution in [2.45, 2.75) is 19.5 Å². The van der Waals surface area contributed by atoms with Gasteiger partial charge in [-0.3, -0.25) is 9.69 Å². The Hall–Kier alpha value is -2.17. The maximum Gasteiger partial charge on any atom is 0.221 e. The van der Waals surface area contributed by atoms with Crippen molar-refractivity contribution in [3.8, 4) is 0 Å². The molecule has 132 valence electrons. The van der Waals surface area contributed by atoms with Crippen LogP contribution in [0.5, 0.6) is 0 Å². The highest BCUT2D eigenvalue weighted by Crippen LogP contribution is 2.08. The van der Waals surface area contributed by atoms with Gasteiger partial charge in [0.1, 0.15) is 0 Å². The molecule has 1 aliphatic heterocycles. The van der Waals surface area contributed by atoms with Crippen LogP contribution in [-0.2, 0) is 17.9 Å². The maximum absolute atomic E-state index is 12.0. The van der Waals surface area contributed by atoms with Gasteiger partial charge in [0, 0.05) is 52.2 Å². The molecule has 3 rings (SSSR count). The van der Waals surface area contributed by atoms with Gasteiger partial charge in [-0.05, 0) is 11.1 Å². The quantitative estimate of drug-likeness (QED) is 0.843. The summed E-state index contributed by atoms with van der Waals surface area (Å²) in [6.07, 6.45) is 0.575. The first-order valence-corrected chi connectivity index (χ1v) is 9.09. The highest BCUT2D eigenvalue weighted by molar-refractivity contribution is 5.76. The Morgan fingerprint density at radius 3 is 2.00 bits per heavy atom. The molecule has 2 aromatic carbocycles. The molecule has 0 aliphatic carbocycles. The largest absolute Gasteiger partial charge is 0.352 e. The fourth-order valence-corrected chi connectivity index (χ4v) is 3.16. The van der Waals surface area contributed by atoms with Gasteiger partial charge in [0.05, 0.1) is 0 Å². The summed E-state index contributed by atoms with van der Waals surface area (Å²) in [6, 6.07) is 20.7. The molecule has 1 aliphatic rings. The van der Waals surface area contributed by atoms with Gasteiger partial charge in [-0.2, -0.15) is 0 Å². The van der Waals surface area contributed by atoms with E-state index in [9.17, 15) is 4.79 Å². The minimum Gasteiger partial charge on any atom is -0.352 e. The molecule has 0 spiro atoms. The molecule has 1 fully saturated rings. The van der Waals surface area contributed by atoms with E-state index >= 15 is 0 Å². The van der Waals surface area contributed by atoms with Crippen LogP contribution in [0.1, 0.15) is 17.5 Å². The van der Waals surface area contributed by atoms with E-state index in [4.69, 9.17) is 0 Å². The van der Waals surface area contributed by atoms with E-state index in [0.29, 0.717) is 13.0 Å². The van der Waals surface area contributed by atoms with Crippen LogP contribution >= 0.6 is 0 Å². The number of benzene rings is 2. The zero-order valence-electron chi connectivity index (χ0n) is 14.7. The molecule has 4 nitrogen and oxygen atoms in total. The number of carbonyl (C=O) groups excluding carboxylic acids is 1. The molecule has 25 heavy (non-hydrogen) atoms. The summed E-state index contributed by atoms with van der Waals surface area (Å²) in [5.74, 6) is 0.135. The molecule has 0 bridgehead atoms. The zero-order chi connectivity index (χ0) is 17.3. The van der Waals surface area contributed by atoms with Gasteiger partial charge in [0.25, 0.3) is 0 Å². The molecule has 0 atom stereocenters. The first-order chi connectivity index (χ1) is 12.3. The van der Waals surface area contributed by atoms with Crippen LogP contribution in [-0.4, -0.2) is 48.4 Å². The van der Waals surface area contributed by atoms with Crippen molar-refractivity contribution in [2.75, 3.05) is 32.7 Å². The lowest BCUT2D eigenvalue weighted by Crippen LogP contribution is -2.46. The number of hydrogen-bond acceptors (Lipinski definition) is 3. The van der Waals surface area contributed by atoms with Crippen LogP contribution in [0, 0.1) is 0 Å². The van der Waals surface area contributed by atoms with E-state index in [1.54, 1.807) is 0 Å². The van der Waals surface area contributed by atoms with Crippen LogP contribution in [0.3, 0.4) is 0 Å². The number of carbonyl (C=O) groups is 1. The molecular weight excluding hydrogens is 310 g/mol. The van der Waals surface area contributed by atoms with E-state index in [0.717, 1.165) is 44.8 Å². The number of hydrogen-bond donors (Lipinski definition) is 1. The third-order valence-corrected chi connectivity index (χ3v) is 4.70. The first kappa shape index (κ1) is 17.6. The van der Waals surface area contributed by atoms with E-state index in [1.165, 1.54) is 5.56 Å². The SMILES string of the molecule is O=C(CCN1CCN(Cc2ccccc2)CC1)NCc1ccccc1. The lowest BCUT2D eigenvalue weighted by Gasteiger charge is -2.34. The molecule has 1 N–H and O–H groups in total. The fraction of sp³-hybridized carbons (Fsp3) is 0.381. The first-order valence-electron chi connectivity index (χ1n) is 9.09. The van der Waals surface area contributed by atoms with E-state index in [1.807, 2.05) is 30.3 Å². The van der Waals surface area contributed by atoms with Crippen molar-refractivity contribution in [1.82, 2.24) is 15.1 Å². The van der Waals surface area contributed by atoms with Crippen LogP contribution in [0.2, 0.25) is 0 Å². The zero-order valence-corrected chi connectivity index (χ0v) is 14.7. The Bertz CT molecular complexity index is 637. The summed E-state index contributed by atoms with van der Waals surface area (Å²) in [7, 11) is 0. The number of nitrogens with zero attached hydrogens (tertiary/aromatic N) is 2. The van der Waals surface area contributed by atoms with Gasteiger partial charge in [-0.25, -0.2) is 0 Å². The number of amides is 1. The fourth-order valence-electron chi connectivity index (χ4n) is 3.16. The van der Waals surface area contributed by atoms with Gasteiger partial charge in [-0.15, -0.1) is 0 Å². The number of nitrogens with one attached hydrogen (secondary N) is 1. The highest BCUT2D eigenvalue weighted by atomic mass is 16.1. The van der Waals surface area contributed by atoms with Gasteiger partial charge in [0.2, 0.25) is 5.91 Å². The molecule has 1 saturated heterocycles. The van der Waals surface area contributed by atoms with Crippen molar-refractivity contribution in [1.29, 1.82) is 0 Å². The molecule has 0 aromatic heterocycles. The smallest absolute Gasteiger partial charge is 0.221 e. The molecule has 0 saturated carbocycles. The Kier molecular flexibility index (Phi) is 6.60. The second kappa shape index (κ2) is 9.35. The minimum absolute atomic E-state index is 0.135. The molecular formula is C21H27N3O. The van der Waals surface area contributed by atoms with Gasteiger partial charge >= 0.3 is 0 Å². The van der Waals surface area contributed by atoms with Crippen molar-refractivity contribution >= 4 is 5.91 Å². The second-order valence-electron chi connectivity index (χ2n) is 6.62. The number of rotatable bonds is 7. The monoisotopic (exact) mass is 337 g/mol. The Labute approximate surface area is 150 Å². The third-order valence-electron chi connectivity index (χ3n) is 4.70. The normalized spacial score (nSPS) is 15.8. The molecule has 4 heteroatoms. The highest BCUT2D eigenvalue weighted by Gasteiger charge is 2.17. The average molecular weight is 337 g/mol. The summed E-state index contributed by atoms with van der Waals surface area (Å²) in [6.45, 7) is 6.70. The van der Waals surface area contributed by atoms with Crippen molar-refractivity contribution in [2.24, 2.45) is 0 Å². The third kappa shape index (κ3) is 6.00. The van der Waals surface area contributed by atoms with Crippen molar-refractivity contribution < 1.29 is 4.79 Å². The average Bonchev–Trinajstić information content (AvgIpc) is 2.67. The van der Waals surface area contributed by atoms with Crippen LogP contribution in [0.15, 0.2) is 60.7 Å². The van der Waals surface area contributed by atoms with Crippen molar-refractivity contribution in [3.63, 3.8) is 0 Å². The minimum atomic E-state index is 0.135. The maximum atomic E-state index is 12.0.